The lowest BCUT2D eigenvalue weighted by atomic mass is 9.85. The summed E-state index contributed by atoms with van der Waals surface area (Å²) in [6, 6.07) is 0. The smallest absolute Gasteiger partial charge is 0.329 e. The maximum Gasteiger partial charge on any atom is 0.329 e. The van der Waals surface area contributed by atoms with E-state index in [4.69, 9.17) is 0 Å². The number of aliphatic carboxylic acids is 1. The molecule has 4 heteroatoms. The molecule has 1 N–H and O–H groups in total. The standard InChI is InChI=1S/C15H27NO3/c1-4-10-16(11-17)15(14(18)19)8-5-6-13(7-9-15)12(2)3/h11-13H,4-10H2,1-3H3,(H,18,19). The van der Waals surface area contributed by atoms with E-state index in [1.165, 1.54) is 4.90 Å². The summed E-state index contributed by atoms with van der Waals surface area (Å²) in [5.41, 5.74) is -0.971. The minimum absolute atomic E-state index is 0.530. The number of amides is 1. The highest BCUT2D eigenvalue weighted by Gasteiger charge is 2.44. The lowest BCUT2D eigenvalue weighted by Gasteiger charge is -2.37. The van der Waals surface area contributed by atoms with Gasteiger partial charge in [0.25, 0.3) is 0 Å². The van der Waals surface area contributed by atoms with Crippen LogP contribution >= 0.6 is 0 Å². The van der Waals surface area contributed by atoms with E-state index in [2.05, 4.69) is 13.8 Å². The molecule has 1 saturated carbocycles. The Morgan fingerprint density at radius 2 is 2.11 bits per heavy atom. The predicted octanol–water partition coefficient (Wildman–Crippen LogP) is 2.91. The van der Waals surface area contributed by atoms with E-state index < -0.39 is 11.5 Å². The molecule has 0 spiro atoms. The highest BCUT2D eigenvalue weighted by molar-refractivity contribution is 5.81. The Kier molecular flexibility index (Phi) is 5.83. The SMILES string of the molecule is CCCN(C=O)C1(C(=O)O)CCCC(C(C)C)CC1. The average Bonchev–Trinajstić information content (AvgIpc) is 2.59. The van der Waals surface area contributed by atoms with Crippen molar-refractivity contribution in [1.82, 2.24) is 4.90 Å². The Bertz CT molecular complexity index is 317. The number of carboxylic acids is 1. The molecule has 4 nitrogen and oxygen atoms in total. The van der Waals surface area contributed by atoms with Gasteiger partial charge in [-0.25, -0.2) is 4.79 Å². The molecule has 1 rings (SSSR count). The molecule has 1 aliphatic carbocycles. The van der Waals surface area contributed by atoms with Gasteiger partial charge in [-0.1, -0.05) is 33.6 Å². The molecular formula is C15H27NO3. The number of hydrogen-bond acceptors (Lipinski definition) is 2. The van der Waals surface area contributed by atoms with E-state index in [1.54, 1.807) is 0 Å². The van der Waals surface area contributed by atoms with Gasteiger partial charge < -0.3 is 10.0 Å². The molecule has 0 saturated heterocycles. The first-order valence-electron chi connectivity index (χ1n) is 7.43. The second kappa shape index (κ2) is 6.92. The molecule has 0 bridgehead atoms. The van der Waals surface area contributed by atoms with Crippen molar-refractivity contribution >= 4 is 12.4 Å². The van der Waals surface area contributed by atoms with Gasteiger partial charge in [-0.05, 0) is 37.5 Å². The summed E-state index contributed by atoms with van der Waals surface area (Å²) in [6.45, 7) is 6.89. The van der Waals surface area contributed by atoms with Gasteiger partial charge in [0.1, 0.15) is 5.54 Å². The maximum atomic E-state index is 11.8. The van der Waals surface area contributed by atoms with Crippen LogP contribution in [-0.2, 0) is 9.59 Å². The molecule has 1 amide bonds. The van der Waals surface area contributed by atoms with Crippen LogP contribution in [0.1, 0.15) is 59.3 Å². The van der Waals surface area contributed by atoms with E-state index in [1.807, 2.05) is 6.92 Å². The van der Waals surface area contributed by atoms with Crippen LogP contribution in [-0.4, -0.2) is 34.5 Å². The molecule has 2 atom stereocenters. The van der Waals surface area contributed by atoms with Gasteiger partial charge in [-0.3, -0.25) is 4.79 Å². The molecule has 2 unspecified atom stereocenters. The van der Waals surface area contributed by atoms with Crippen LogP contribution in [0.5, 0.6) is 0 Å². The largest absolute Gasteiger partial charge is 0.479 e. The number of nitrogens with zero attached hydrogens (tertiary/aromatic N) is 1. The van der Waals surface area contributed by atoms with Crippen molar-refractivity contribution in [2.24, 2.45) is 11.8 Å². The molecule has 110 valence electrons. The van der Waals surface area contributed by atoms with Crippen molar-refractivity contribution in [1.29, 1.82) is 0 Å². The minimum atomic E-state index is -0.971. The second-order valence-corrected chi connectivity index (χ2v) is 6.07. The van der Waals surface area contributed by atoms with E-state index in [-0.39, 0.29) is 0 Å². The maximum absolute atomic E-state index is 11.8. The summed E-state index contributed by atoms with van der Waals surface area (Å²) < 4.78 is 0. The molecule has 0 aromatic rings. The van der Waals surface area contributed by atoms with Crippen LogP contribution in [0.2, 0.25) is 0 Å². The fraction of sp³-hybridized carbons (Fsp3) is 0.867. The Morgan fingerprint density at radius 3 is 2.58 bits per heavy atom. The molecule has 1 aliphatic rings. The lowest BCUT2D eigenvalue weighted by Crippen LogP contribution is -2.54. The van der Waals surface area contributed by atoms with Crippen molar-refractivity contribution in [3.63, 3.8) is 0 Å². The normalized spacial score (nSPS) is 27.9. The summed E-state index contributed by atoms with van der Waals surface area (Å²) in [6.07, 6.45) is 5.57. The van der Waals surface area contributed by atoms with Crippen LogP contribution in [0, 0.1) is 11.8 Å². The number of carbonyl (C=O) groups is 2. The van der Waals surface area contributed by atoms with Crippen LogP contribution in [0.3, 0.4) is 0 Å². The minimum Gasteiger partial charge on any atom is -0.479 e. The fourth-order valence-electron chi connectivity index (χ4n) is 3.25. The van der Waals surface area contributed by atoms with Gasteiger partial charge in [0.05, 0.1) is 0 Å². The Morgan fingerprint density at radius 1 is 1.42 bits per heavy atom. The lowest BCUT2D eigenvalue weighted by molar-refractivity contribution is -0.156. The monoisotopic (exact) mass is 269 g/mol. The Labute approximate surface area is 116 Å². The first-order valence-corrected chi connectivity index (χ1v) is 7.43. The Hall–Kier alpha value is -1.06. The summed E-state index contributed by atoms with van der Waals surface area (Å²) in [7, 11) is 0. The third-order valence-corrected chi connectivity index (χ3v) is 4.58. The van der Waals surface area contributed by atoms with Gasteiger partial charge in [0.15, 0.2) is 0 Å². The molecule has 0 heterocycles. The van der Waals surface area contributed by atoms with Gasteiger partial charge >= 0.3 is 5.97 Å². The van der Waals surface area contributed by atoms with Crippen molar-refractivity contribution in [3.05, 3.63) is 0 Å². The van der Waals surface area contributed by atoms with E-state index in [9.17, 15) is 14.7 Å². The van der Waals surface area contributed by atoms with Gasteiger partial charge in [0.2, 0.25) is 6.41 Å². The first kappa shape index (κ1) is 16.0. The van der Waals surface area contributed by atoms with Crippen LogP contribution in [0.15, 0.2) is 0 Å². The van der Waals surface area contributed by atoms with Gasteiger partial charge in [0, 0.05) is 6.54 Å². The molecule has 19 heavy (non-hydrogen) atoms. The van der Waals surface area contributed by atoms with Crippen LogP contribution in [0.25, 0.3) is 0 Å². The molecule has 0 aromatic heterocycles. The fourth-order valence-corrected chi connectivity index (χ4v) is 3.25. The number of rotatable bonds is 6. The van der Waals surface area contributed by atoms with E-state index in [0.29, 0.717) is 31.2 Å². The van der Waals surface area contributed by atoms with E-state index in [0.717, 1.165) is 32.1 Å². The molecule has 1 fully saturated rings. The Balaban J connectivity index is 2.93. The molecule has 0 aromatic carbocycles. The average molecular weight is 269 g/mol. The molecular weight excluding hydrogens is 242 g/mol. The molecule has 0 radical (unpaired) electrons. The summed E-state index contributed by atoms with van der Waals surface area (Å²) in [4.78, 5) is 24.6. The van der Waals surface area contributed by atoms with E-state index >= 15 is 0 Å². The topological polar surface area (TPSA) is 57.6 Å². The zero-order valence-corrected chi connectivity index (χ0v) is 12.4. The highest BCUT2D eigenvalue weighted by Crippen LogP contribution is 2.37. The van der Waals surface area contributed by atoms with Crippen molar-refractivity contribution in [3.8, 4) is 0 Å². The van der Waals surface area contributed by atoms with Crippen LogP contribution in [0.4, 0.5) is 0 Å². The highest BCUT2D eigenvalue weighted by atomic mass is 16.4. The summed E-state index contributed by atoms with van der Waals surface area (Å²) in [5.74, 6) is 0.328. The second-order valence-electron chi connectivity index (χ2n) is 6.07. The summed E-state index contributed by atoms with van der Waals surface area (Å²) >= 11 is 0. The third-order valence-electron chi connectivity index (χ3n) is 4.58. The van der Waals surface area contributed by atoms with Crippen LogP contribution < -0.4 is 0 Å². The van der Waals surface area contributed by atoms with Crippen molar-refractivity contribution in [2.75, 3.05) is 6.54 Å². The quantitative estimate of drug-likeness (QED) is 0.596. The number of carbonyl (C=O) groups excluding carboxylic acids is 1. The van der Waals surface area contributed by atoms with Crippen molar-refractivity contribution < 1.29 is 14.7 Å². The first-order chi connectivity index (χ1) is 8.97. The number of carboxylic acid groups (broad SMARTS) is 1. The third kappa shape index (κ3) is 3.48. The van der Waals surface area contributed by atoms with Gasteiger partial charge in [-0.15, -0.1) is 0 Å². The van der Waals surface area contributed by atoms with Gasteiger partial charge in [-0.2, -0.15) is 0 Å². The zero-order valence-electron chi connectivity index (χ0n) is 12.4. The summed E-state index contributed by atoms with van der Waals surface area (Å²) in [5, 5.41) is 9.67. The zero-order chi connectivity index (χ0) is 14.5. The predicted molar refractivity (Wildman–Crippen MR) is 74.8 cm³/mol. The molecule has 0 aliphatic heterocycles. The van der Waals surface area contributed by atoms with Crippen molar-refractivity contribution in [2.45, 2.75) is 64.8 Å². The number of hydrogen-bond donors (Lipinski definition) is 1.